The van der Waals surface area contributed by atoms with Crippen LogP contribution in [0.1, 0.15) is 111 Å². The minimum Gasteiger partial charge on any atom is -0.480 e. The highest BCUT2D eigenvalue weighted by Gasteiger charge is 2.29. The highest BCUT2D eigenvalue weighted by Crippen LogP contribution is 2.13. The molecule has 0 heterocycles. The van der Waals surface area contributed by atoms with Gasteiger partial charge in [-0.15, -0.1) is 0 Å². The van der Waals surface area contributed by atoms with Crippen molar-refractivity contribution in [3.63, 3.8) is 0 Å². The van der Waals surface area contributed by atoms with E-state index in [-0.39, 0.29) is 36.2 Å². The number of nitrogens with two attached hydrogens (primary N) is 1. The highest BCUT2D eigenvalue weighted by atomic mass is 32.2. The lowest BCUT2D eigenvalue weighted by Crippen LogP contribution is -2.54. The lowest BCUT2D eigenvalue weighted by Gasteiger charge is -2.24. The van der Waals surface area contributed by atoms with E-state index < -0.39 is 60.3 Å². The van der Waals surface area contributed by atoms with Gasteiger partial charge in [-0.05, 0) is 18.8 Å². The molecule has 44 heavy (non-hydrogen) atoms. The summed E-state index contributed by atoms with van der Waals surface area (Å²) in [5.74, 6) is -6.21. The van der Waals surface area contributed by atoms with Crippen molar-refractivity contribution in [1.29, 1.82) is 0 Å². The van der Waals surface area contributed by atoms with Crippen molar-refractivity contribution in [1.82, 2.24) is 16.0 Å². The largest absolute Gasteiger partial charge is 0.480 e. The number of carbonyl (C=O) groups excluding carboxylic acids is 3. The molecule has 0 aliphatic heterocycles. The normalized spacial score (nSPS) is 13.8. The van der Waals surface area contributed by atoms with Crippen LogP contribution in [-0.2, 0) is 28.8 Å². The van der Waals surface area contributed by atoms with Crippen LogP contribution in [0.5, 0.6) is 0 Å². The van der Waals surface area contributed by atoms with Gasteiger partial charge in [-0.3, -0.25) is 19.2 Å². The van der Waals surface area contributed by atoms with Gasteiger partial charge in [-0.2, -0.15) is 11.8 Å². The zero-order valence-corrected chi connectivity index (χ0v) is 27.3. The molecule has 0 aromatic carbocycles. The maximum atomic E-state index is 12.9. The van der Waals surface area contributed by atoms with Crippen molar-refractivity contribution in [2.24, 2.45) is 11.7 Å². The molecule has 254 valence electrons. The van der Waals surface area contributed by atoms with E-state index in [1.54, 1.807) is 13.8 Å². The minimum absolute atomic E-state index is 0.0605. The Kier molecular flexibility index (Phi) is 22.9. The van der Waals surface area contributed by atoms with Crippen molar-refractivity contribution in [2.75, 3.05) is 11.5 Å². The van der Waals surface area contributed by atoms with Gasteiger partial charge in [0, 0.05) is 24.3 Å². The van der Waals surface area contributed by atoms with Gasteiger partial charge in [0.25, 0.3) is 0 Å². The molecule has 0 unspecified atom stereocenters. The van der Waals surface area contributed by atoms with Crippen LogP contribution in [0.3, 0.4) is 0 Å². The highest BCUT2D eigenvalue weighted by molar-refractivity contribution is 7.99. The predicted molar refractivity (Wildman–Crippen MR) is 169 cm³/mol. The summed E-state index contributed by atoms with van der Waals surface area (Å²) >= 11 is 0.942. The molecule has 0 spiro atoms. The standard InChI is InChI=1S/C30H54N4O9S/c1-4-5-6-7-8-9-10-11-12-13-14-15-24(35)34-26(20(2)3)27(37)33-22(29(40)41)16-17-25(36)32-23(30(42)43)19-44-18-21(31)28(38)39/h20-23,26H,4-19,31H2,1-3H3,(H,32,36)(H,33,37)(H,34,35)(H,38,39)(H,40,41)(H,42,43)/t21-,22+,23+,26-/m0/s1. The van der Waals surface area contributed by atoms with E-state index in [0.717, 1.165) is 31.0 Å². The van der Waals surface area contributed by atoms with E-state index in [9.17, 15) is 39.0 Å². The van der Waals surface area contributed by atoms with E-state index >= 15 is 0 Å². The lowest BCUT2D eigenvalue weighted by atomic mass is 10.0. The van der Waals surface area contributed by atoms with Crippen LogP contribution in [0.4, 0.5) is 0 Å². The average Bonchev–Trinajstić information content (AvgIpc) is 2.95. The van der Waals surface area contributed by atoms with E-state index in [1.165, 1.54) is 44.9 Å². The first-order valence-corrected chi connectivity index (χ1v) is 16.9. The van der Waals surface area contributed by atoms with E-state index in [1.807, 2.05) is 0 Å². The van der Waals surface area contributed by atoms with Crippen molar-refractivity contribution in [2.45, 2.75) is 135 Å². The Morgan fingerprint density at radius 1 is 0.636 bits per heavy atom. The second kappa shape index (κ2) is 24.5. The van der Waals surface area contributed by atoms with Crippen LogP contribution in [0.25, 0.3) is 0 Å². The van der Waals surface area contributed by atoms with Gasteiger partial charge < -0.3 is 37.0 Å². The Balaban J connectivity index is 4.63. The lowest BCUT2D eigenvalue weighted by molar-refractivity contribution is -0.143. The molecule has 8 N–H and O–H groups in total. The van der Waals surface area contributed by atoms with E-state index in [0.29, 0.717) is 6.42 Å². The molecule has 0 fully saturated rings. The molecule has 0 saturated carbocycles. The number of carboxylic acids is 3. The minimum atomic E-state index is -1.44. The van der Waals surface area contributed by atoms with Gasteiger partial charge in [0.05, 0.1) is 0 Å². The van der Waals surface area contributed by atoms with Crippen LogP contribution < -0.4 is 21.7 Å². The SMILES string of the molecule is CCCCCCCCCCCCCC(=O)N[C@H](C(=O)N[C@H](CCC(=O)N[C@H](CSC[C@H](N)C(=O)O)C(=O)O)C(=O)O)C(C)C. The number of unbranched alkanes of at least 4 members (excludes halogenated alkanes) is 10. The first-order chi connectivity index (χ1) is 20.8. The number of nitrogens with one attached hydrogen (secondary N) is 3. The van der Waals surface area contributed by atoms with Crippen LogP contribution in [0.2, 0.25) is 0 Å². The summed E-state index contributed by atoms with van der Waals surface area (Å²) in [7, 11) is 0. The number of amides is 3. The second-order valence-corrected chi connectivity index (χ2v) is 12.5. The number of carbonyl (C=O) groups is 6. The Labute approximate surface area is 265 Å². The summed E-state index contributed by atoms with van der Waals surface area (Å²) in [5, 5.41) is 35.1. The van der Waals surface area contributed by atoms with E-state index in [2.05, 4.69) is 22.9 Å². The van der Waals surface area contributed by atoms with Gasteiger partial charge in [-0.25, -0.2) is 9.59 Å². The number of hydrogen-bond donors (Lipinski definition) is 7. The monoisotopic (exact) mass is 646 g/mol. The molecule has 0 rings (SSSR count). The quantitative estimate of drug-likeness (QED) is 0.0642. The maximum absolute atomic E-state index is 12.9. The second-order valence-electron chi connectivity index (χ2n) is 11.5. The van der Waals surface area contributed by atoms with Crippen LogP contribution >= 0.6 is 11.8 Å². The Hall–Kier alpha value is -2.87. The summed E-state index contributed by atoms with van der Waals surface area (Å²) in [6.45, 7) is 5.66. The Morgan fingerprint density at radius 2 is 1.14 bits per heavy atom. The molecule has 0 saturated heterocycles. The maximum Gasteiger partial charge on any atom is 0.327 e. The summed E-state index contributed by atoms with van der Waals surface area (Å²) in [4.78, 5) is 71.8. The number of carboxylic acid groups (broad SMARTS) is 3. The molecule has 0 aliphatic rings. The smallest absolute Gasteiger partial charge is 0.327 e. The van der Waals surface area contributed by atoms with Crippen molar-refractivity contribution >= 4 is 47.4 Å². The zero-order valence-electron chi connectivity index (χ0n) is 26.5. The third-order valence-corrected chi connectivity index (χ3v) is 8.24. The molecule has 13 nitrogen and oxygen atoms in total. The third kappa shape index (κ3) is 20.2. The van der Waals surface area contributed by atoms with Crippen LogP contribution in [0.15, 0.2) is 0 Å². The van der Waals surface area contributed by atoms with Gasteiger partial charge >= 0.3 is 17.9 Å². The summed E-state index contributed by atoms with van der Waals surface area (Å²) in [5.41, 5.74) is 5.39. The fraction of sp³-hybridized carbons (Fsp3) is 0.800. The summed E-state index contributed by atoms with van der Waals surface area (Å²) in [6, 6.07) is -4.93. The van der Waals surface area contributed by atoms with Crippen molar-refractivity contribution in [3.8, 4) is 0 Å². The average molecular weight is 647 g/mol. The number of thioether (sulfide) groups is 1. The molecule has 0 bridgehead atoms. The zero-order chi connectivity index (χ0) is 33.5. The molecule has 0 radical (unpaired) electrons. The molecule has 0 aromatic rings. The molecule has 14 heteroatoms. The van der Waals surface area contributed by atoms with Gasteiger partial charge in [-0.1, -0.05) is 85.0 Å². The fourth-order valence-corrected chi connectivity index (χ4v) is 5.34. The number of aliphatic carboxylic acids is 3. The number of rotatable bonds is 27. The predicted octanol–water partition coefficient (Wildman–Crippen LogP) is 2.89. The van der Waals surface area contributed by atoms with Crippen molar-refractivity contribution < 1.29 is 44.1 Å². The molecular formula is C30H54N4O9S. The Morgan fingerprint density at radius 3 is 1.61 bits per heavy atom. The molecule has 0 aliphatic carbocycles. The van der Waals surface area contributed by atoms with Gasteiger partial charge in [0.15, 0.2) is 0 Å². The molecule has 0 aromatic heterocycles. The van der Waals surface area contributed by atoms with E-state index in [4.69, 9.17) is 10.8 Å². The first-order valence-electron chi connectivity index (χ1n) is 15.7. The first kappa shape index (κ1) is 41.1. The number of hydrogen-bond acceptors (Lipinski definition) is 8. The molecule has 4 atom stereocenters. The summed E-state index contributed by atoms with van der Waals surface area (Å²) in [6.07, 6.45) is 12.2. The third-order valence-electron chi connectivity index (χ3n) is 7.08. The van der Waals surface area contributed by atoms with Crippen LogP contribution in [0, 0.1) is 5.92 Å². The van der Waals surface area contributed by atoms with Crippen molar-refractivity contribution in [3.05, 3.63) is 0 Å². The van der Waals surface area contributed by atoms with Crippen LogP contribution in [-0.4, -0.2) is 86.6 Å². The fourth-order valence-electron chi connectivity index (χ4n) is 4.35. The topological polar surface area (TPSA) is 225 Å². The Bertz CT molecular complexity index is 904. The van der Waals surface area contributed by atoms with Gasteiger partial charge in [0.1, 0.15) is 24.2 Å². The van der Waals surface area contributed by atoms with Gasteiger partial charge in [0.2, 0.25) is 17.7 Å². The molecular weight excluding hydrogens is 592 g/mol. The molecule has 3 amide bonds. The summed E-state index contributed by atoms with van der Waals surface area (Å²) < 4.78 is 0.